The third-order valence-corrected chi connectivity index (χ3v) is 5.44. The van der Waals surface area contributed by atoms with Gasteiger partial charge in [0.15, 0.2) is 0 Å². The van der Waals surface area contributed by atoms with E-state index in [2.05, 4.69) is 4.74 Å². The van der Waals surface area contributed by atoms with Crippen molar-refractivity contribution in [3.8, 4) is 0 Å². The summed E-state index contributed by atoms with van der Waals surface area (Å²) in [5, 5.41) is 0.356. The van der Waals surface area contributed by atoms with Crippen molar-refractivity contribution >= 4 is 16.8 Å². The molecule has 1 aromatic rings. The van der Waals surface area contributed by atoms with Crippen LogP contribution >= 0.6 is 0 Å². The van der Waals surface area contributed by atoms with E-state index in [1.807, 2.05) is 12.1 Å². The first-order valence-electron chi connectivity index (χ1n) is 6.75. The molecule has 0 aromatic heterocycles. The zero-order chi connectivity index (χ0) is 13.7. The van der Waals surface area contributed by atoms with Gasteiger partial charge in [-0.1, -0.05) is 31.4 Å². The number of esters is 1. The average molecular weight is 280 g/mol. The highest BCUT2D eigenvalue weighted by molar-refractivity contribution is 7.84. The van der Waals surface area contributed by atoms with Gasteiger partial charge in [0.2, 0.25) is 0 Å². The van der Waals surface area contributed by atoms with Crippen LogP contribution in [0.25, 0.3) is 0 Å². The van der Waals surface area contributed by atoms with Gasteiger partial charge in [-0.15, -0.1) is 0 Å². The zero-order valence-corrected chi connectivity index (χ0v) is 12.1. The van der Waals surface area contributed by atoms with E-state index >= 15 is 0 Å². The molecule has 1 atom stereocenters. The van der Waals surface area contributed by atoms with Gasteiger partial charge in [-0.3, -0.25) is 4.21 Å². The molecule has 0 bridgehead atoms. The van der Waals surface area contributed by atoms with E-state index < -0.39 is 10.8 Å². The molecule has 0 amide bonds. The fraction of sp³-hybridized carbons (Fsp3) is 0.533. The Labute approximate surface area is 116 Å². The number of methoxy groups -OCH3 is 1. The number of benzene rings is 1. The zero-order valence-electron chi connectivity index (χ0n) is 11.3. The number of carbonyl (C=O) groups excluding carboxylic acids is 1. The molecule has 3 nitrogen and oxygen atoms in total. The Morgan fingerprint density at radius 1 is 1.21 bits per heavy atom. The van der Waals surface area contributed by atoms with E-state index in [-0.39, 0.29) is 5.97 Å². The molecular formula is C15H20O3S. The van der Waals surface area contributed by atoms with Gasteiger partial charge in [-0.05, 0) is 30.5 Å². The minimum absolute atomic E-state index is 0.333. The number of ether oxygens (including phenoxy) is 1. The summed E-state index contributed by atoms with van der Waals surface area (Å²) in [6.45, 7) is 0. The SMILES string of the molecule is COC(=O)c1ccc(CS(=O)C2CCCCC2)cc1. The van der Waals surface area contributed by atoms with Crippen LogP contribution in [0, 0.1) is 0 Å². The molecule has 2 rings (SSSR count). The van der Waals surface area contributed by atoms with Crippen molar-refractivity contribution in [2.45, 2.75) is 43.1 Å². The summed E-state index contributed by atoms with van der Waals surface area (Å²) >= 11 is 0. The standard InChI is InChI=1S/C15H20O3S/c1-18-15(16)13-9-7-12(8-10-13)11-19(17)14-5-3-2-4-6-14/h7-10,14H,2-6,11H2,1H3. The molecule has 1 aliphatic rings. The van der Waals surface area contributed by atoms with Gasteiger partial charge in [0.25, 0.3) is 0 Å². The molecule has 104 valence electrons. The van der Waals surface area contributed by atoms with Crippen LogP contribution in [0.4, 0.5) is 0 Å². The molecule has 1 saturated carbocycles. The maximum Gasteiger partial charge on any atom is 0.337 e. The third kappa shape index (κ3) is 3.90. The highest BCUT2D eigenvalue weighted by atomic mass is 32.2. The maximum atomic E-state index is 12.3. The van der Waals surface area contributed by atoms with Gasteiger partial charge >= 0.3 is 5.97 Å². The maximum absolute atomic E-state index is 12.3. The van der Waals surface area contributed by atoms with Crippen LogP contribution in [-0.4, -0.2) is 22.5 Å². The van der Waals surface area contributed by atoms with E-state index in [9.17, 15) is 9.00 Å². The predicted molar refractivity (Wildman–Crippen MR) is 76.5 cm³/mol. The average Bonchev–Trinajstić information content (AvgIpc) is 2.48. The van der Waals surface area contributed by atoms with Crippen molar-refractivity contribution in [3.63, 3.8) is 0 Å². The van der Waals surface area contributed by atoms with Crippen LogP contribution in [0.2, 0.25) is 0 Å². The third-order valence-electron chi connectivity index (χ3n) is 3.61. The molecule has 0 radical (unpaired) electrons. The molecule has 1 unspecified atom stereocenters. The molecule has 0 aliphatic heterocycles. The second-order valence-electron chi connectivity index (χ2n) is 4.97. The summed E-state index contributed by atoms with van der Waals surface area (Å²) in [5.41, 5.74) is 1.56. The molecule has 1 fully saturated rings. The van der Waals surface area contributed by atoms with Gasteiger partial charge in [-0.2, -0.15) is 0 Å². The first kappa shape index (κ1) is 14.3. The quantitative estimate of drug-likeness (QED) is 0.796. The van der Waals surface area contributed by atoms with E-state index in [1.54, 1.807) is 12.1 Å². The summed E-state index contributed by atoms with van der Waals surface area (Å²) in [5.74, 6) is 0.256. The van der Waals surface area contributed by atoms with Crippen LogP contribution < -0.4 is 0 Å². The van der Waals surface area contributed by atoms with Crippen LogP contribution in [0.1, 0.15) is 48.0 Å². The summed E-state index contributed by atoms with van der Waals surface area (Å²) in [6, 6.07) is 7.21. The Morgan fingerprint density at radius 2 is 1.84 bits per heavy atom. The van der Waals surface area contributed by atoms with Gasteiger partial charge in [0.05, 0.1) is 12.7 Å². The van der Waals surface area contributed by atoms with Crippen molar-refractivity contribution < 1.29 is 13.7 Å². The van der Waals surface area contributed by atoms with Crippen molar-refractivity contribution in [1.29, 1.82) is 0 Å². The molecule has 4 heteroatoms. The first-order valence-corrected chi connectivity index (χ1v) is 8.13. The monoisotopic (exact) mass is 280 g/mol. The lowest BCUT2D eigenvalue weighted by Crippen LogP contribution is -2.19. The van der Waals surface area contributed by atoms with Gasteiger partial charge in [0.1, 0.15) is 0 Å². The lowest BCUT2D eigenvalue weighted by Gasteiger charge is -2.20. The number of hydrogen-bond acceptors (Lipinski definition) is 3. The van der Waals surface area contributed by atoms with E-state index in [1.165, 1.54) is 26.4 Å². The lowest BCUT2D eigenvalue weighted by molar-refractivity contribution is 0.0600. The Bertz CT molecular complexity index is 447. The lowest BCUT2D eigenvalue weighted by atomic mass is 10.0. The van der Waals surface area contributed by atoms with Crippen LogP contribution in [-0.2, 0) is 21.3 Å². The topological polar surface area (TPSA) is 43.4 Å². The number of hydrogen-bond donors (Lipinski definition) is 0. The molecule has 0 saturated heterocycles. The fourth-order valence-corrected chi connectivity index (χ4v) is 4.08. The van der Waals surface area contributed by atoms with Gasteiger partial charge in [-0.25, -0.2) is 4.79 Å². The van der Waals surface area contributed by atoms with Crippen LogP contribution in [0.5, 0.6) is 0 Å². The predicted octanol–water partition coefficient (Wildman–Crippen LogP) is 3.05. The summed E-state index contributed by atoms with van der Waals surface area (Å²) in [7, 11) is 0.577. The van der Waals surface area contributed by atoms with Crippen molar-refractivity contribution in [2.24, 2.45) is 0 Å². The highest BCUT2D eigenvalue weighted by Crippen LogP contribution is 2.23. The largest absolute Gasteiger partial charge is 0.465 e. The summed E-state index contributed by atoms with van der Waals surface area (Å²) < 4.78 is 16.9. The minimum Gasteiger partial charge on any atom is -0.465 e. The molecule has 0 heterocycles. The highest BCUT2D eigenvalue weighted by Gasteiger charge is 2.19. The summed E-state index contributed by atoms with van der Waals surface area (Å²) in [6.07, 6.45) is 5.87. The molecular weight excluding hydrogens is 260 g/mol. The van der Waals surface area contributed by atoms with E-state index in [4.69, 9.17) is 0 Å². The second kappa shape index (κ2) is 6.85. The van der Waals surface area contributed by atoms with Crippen molar-refractivity contribution in [1.82, 2.24) is 0 Å². The van der Waals surface area contributed by atoms with Crippen molar-refractivity contribution in [2.75, 3.05) is 7.11 Å². The molecule has 0 spiro atoms. The fourth-order valence-electron chi connectivity index (χ4n) is 2.47. The molecule has 19 heavy (non-hydrogen) atoms. The van der Waals surface area contributed by atoms with Gasteiger partial charge in [0, 0.05) is 21.8 Å². The Balaban J connectivity index is 1.95. The Morgan fingerprint density at radius 3 is 2.42 bits per heavy atom. The molecule has 0 N–H and O–H groups in total. The van der Waals surface area contributed by atoms with E-state index in [0.29, 0.717) is 16.6 Å². The second-order valence-corrected chi connectivity index (χ2v) is 6.69. The van der Waals surface area contributed by atoms with Crippen LogP contribution in [0.3, 0.4) is 0 Å². The smallest absolute Gasteiger partial charge is 0.337 e. The number of carbonyl (C=O) groups is 1. The molecule has 1 aliphatic carbocycles. The Hall–Kier alpha value is -1.16. The minimum atomic E-state index is -0.793. The molecule has 1 aromatic carbocycles. The first-order chi connectivity index (χ1) is 9.20. The Kier molecular flexibility index (Phi) is 5.14. The van der Waals surface area contributed by atoms with Crippen LogP contribution in [0.15, 0.2) is 24.3 Å². The van der Waals surface area contributed by atoms with Crippen molar-refractivity contribution in [3.05, 3.63) is 35.4 Å². The van der Waals surface area contributed by atoms with Gasteiger partial charge < -0.3 is 4.74 Å². The number of rotatable bonds is 4. The van der Waals surface area contributed by atoms with E-state index in [0.717, 1.165) is 18.4 Å². The normalized spacial score (nSPS) is 17.9. The summed E-state index contributed by atoms with van der Waals surface area (Å²) in [4.78, 5) is 11.3.